The van der Waals surface area contributed by atoms with E-state index >= 15 is 0 Å². The molecule has 0 N–H and O–H groups in total. The highest BCUT2D eigenvalue weighted by molar-refractivity contribution is 7.26. The van der Waals surface area contributed by atoms with Gasteiger partial charge < -0.3 is 4.42 Å². The lowest BCUT2D eigenvalue weighted by Crippen LogP contribution is -2.00. The first-order chi connectivity index (χ1) is 30.7. The van der Waals surface area contributed by atoms with Crippen LogP contribution in [-0.2, 0) is 0 Å². The summed E-state index contributed by atoms with van der Waals surface area (Å²) in [5, 5.41) is 12.4. The number of fused-ring (bicyclic) bond motifs is 12. The second-order valence-electron chi connectivity index (χ2n) is 15.9. The van der Waals surface area contributed by atoms with Gasteiger partial charge >= 0.3 is 0 Å². The van der Waals surface area contributed by atoms with Crippen molar-refractivity contribution in [1.82, 2.24) is 15.0 Å². The van der Waals surface area contributed by atoms with E-state index < -0.39 is 0 Å². The molecule has 4 nitrogen and oxygen atoms in total. The Morgan fingerprint density at radius 3 is 1.56 bits per heavy atom. The molecular formula is C57H33N3OS. The number of hydrogen-bond donors (Lipinski definition) is 0. The van der Waals surface area contributed by atoms with Gasteiger partial charge in [-0.3, -0.25) is 0 Å². The molecule has 62 heavy (non-hydrogen) atoms. The molecule has 3 heterocycles. The van der Waals surface area contributed by atoms with Crippen LogP contribution >= 0.6 is 11.3 Å². The number of aromatic nitrogens is 3. The Morgan fingerprint density at radius 1 is 0.290 bits per heavy atom. The largest absolute Gasteiger partial charge is 0.456 e. The Kier molecular flexibility index (Phi) is 7.74. The van der Waals surface area contributed by atoms with Crippen molar-refractivity contribution in [3.8, 4) is 56.4 Å². The summed E-state index contributed by atoms with van der Waals surface area (Å²) in [5.74, 6) is 1.82. The number of thiophene rings is 1. The van der Waals surface area contributed by atoms with Crippen LogP contribution in [0.15, 0.2) is 205 Å². The number of rotatable bonds is 5. The van der Waals surface area contributed by atoms with Crippen LogP contribution in [0.3, 0.4) is 0 Å². The second-order valence-corrected chi connectivity index (χ2v) is 17.0. The van der Waals surface area contributed by atoms with Gasteiger partial charge in [0.15, 0.2) is 17.5 Å². The van der Waals surface area contributed by atoms with Crippen molar-refractivity contribution < 1.29 is 4.42 Å². The standard InChI is InChI=1S/C57H33N3OS/c1-2-12-34(13-3-1)55-58-56(60-57(59-55)39-25-28-47-46-20-8-9-22-50(46)61-51(47)33-39)38-15-10-14-37(30-38)40-21-11-23-53-54(40)49-32-36(26-29-52(49)62-53)35-24-27-45-43-18-5-4-16-41(43)42-17-6-7-19-44(42)48(45)31-35/h1-33H. The SMILES string of the molecule is c1ccc(-c2nc(-c3cccc(-c4cccc5sc6ccc(-c7ccc8c9ccccc9c9ccccc9c8c7)cc6c45)c3)nc(-c3ccc4c(c3)oc3ccccc34)n2)cc1. The summed E-state index contributed by atoms with van der Waals surface area (Å²) in [4.78, 5) is 15.3. The fourth-order valence-electron chi connectivity index (χ4n) is 9.38. The summed E-state index contributed by atoms with van der Waals surface area (Å²) in [6, 6.07) is 71.2. The van der Waals surface area contributed by atoms with Gasteiger partial charge in [0.05, 0.1) is 0 Å². The predicted molar refractivity (Wildman–Crippen MR) is 260 cm³/mol. The van der Waals surface area contributed by atoms with E-state index in [4.69, 9.17) is 19.4 Å². The van der Waals surface area contributed by atoms with Gasteiger partial charge in [-0.1, -0.05) is 152 Å². The fourth-order valence-corrected chi connectivity index (χ4v) is 10.5. The van der Waals surface area contributed by atoms with Crippen LogP contribution in [0, 0.1) is 0 Å². The van der Waals surface area contributed by atoms with Crippen molar-refractivity contribution in [2.24, 2.45) is 0 Å². The lowest BCUT2D eigenvalue weighted by atomic mass is 9.91. The normalized spacial score (nSPS) is 11.9. The quantitative estimate of drug-likeness (QED) is 0.163. The molecule has 3 aromatic heterocycles. The maximum atomic E-state index is 6.28. The fraction of sp³-hybridized carbons (Fsp3) is 0. The summed E-state index contributed by atoms with van der Waals surface area (Å²) in [6.07, 6.45) is 0. The van der Waals surface area contributed by atoms with E-state index in [2.05, 4.69) is 146 Å². The molecule has 288 valence electrons. The van der Waals surface area contributed by atoms with Crippen molar-refractivity contribution in [2.75, 3.05) is 0 Å². The average molecular weight is 808 g/mol. The monoisotopic (exact) mass is 807 g/mol. The lowest BCUT2D eigenvalue weighted by Gasteiger charge is -2.12. The average Bonchev–Trinajstić information content (AvgIpc) is 3.92. The summed E-state index contributed by atoms with van der Waals surface area (Å²) in [7, 11) is 0. The molecule has 0 spiro atoms. The first-order valence-electron chi connectivity index (χ1n) is 20.8. The zero-order valence-electron chi connectivity index (χ0n) is 33.2. The van der Waals surface area contributed by atoms with Crippen molar-refractivity contribution in [1.29, 1.82) is 0 Å². The first kappa shape index (κ1) is 34.8. The van der Waals surface area contributed by atoms with Crippen LogP contribution in [0.2, 0.25) is 0 Å². The van der Waals surface area contributed by atoms with Gasteiger partial charge in [-0.2, -0.15) is 0 Å². The van der Waals surface area contributed by atoms with E-state index in [0.29, 0.717) is 17.5 Å². The molecule has 0 bridgehead atoms. The molecule has 0 radical (unpaired) electrons. The number of nitrogens with zero attached hydrogens (tertiary/aromatic N) is 3. The third-order valence-corrected chi connectivity index (χ3v) is 13.4. The summed E-state index contributed by atoms with van der Waals surface area (Å²) >= 11 is 1.84. The minimum atomic E-state index is 0.593. The van der Waals surface area contributed by atoms with Gasteiger partial charge in [0.25, 0.3) is 0 Å². The molecule has 0 fully saturated rings. The molecule has 0 aliphatic rings. The Morgan fingerprint density at radius 2 is 0.806 bits per heavy atom. The van der Waals surface area contributed by atoms with Crippen LogP contribution in [0.25, 0.3) is 131 Å². The molecule has 13 aromatic rings. The molecule has 0 unspecified atom stereocenters. The number of benzene rings is 10. The predicted octanol–water partition coefficient (Wildman–Crippen LogP) is 15.9. The zero-order valence-corrected chi connectivity index (χ0v) is 34.0. The smallest absolute Gasteiger partial charge is 0.164 e. The van der Waals surface area contributed by atoms with E-state index in [-0.39, 0.29) is 0 Å². The van der Waals surface area contributed by atoms with Gasteiger partial charge in [-0.05, 0) is 103 Å². The summed E-state index contributed by atoms with van der Waals surface area (Å²) in [5.41, 5.74) is 9.06. The Balaban J connectivity index is 0.942. The molecule has 0 aliphatic carbocycles. The van der Waals surface area contributed by atoms with Gasteiger partial charge in [0.2, 0.25) is 0 Å². The highest BCUT2D eigenvalue weighted by atomic mass is 32.1. The highest BCUT2D eigenvalue weighted by Crippen LogP contribution is 2.43. The Labute approximate surface area is 360 Å². The van der Waals surface area contributed by atoms with Gasteiger partial charge in [0, 0.05) is 47.6 Å². The number of para-hydroxylation sites is 1. The van der Waals surface area contributed by atoms with Crippen LogP contribution < -0.4 is 0 Å². The molecule has 10 aromatic carbocycles. The Hall–Kier alpha value is -7.99. The highest BCUT2D eigenvalue weighted by Gasteiger charge is 2.18. The van der Waals surface area contributed by atoms with E-state index in [9.17, 15) is 0 Å². The van der Waals surface area contributed by atoms with E-state index in [1.54, 1.807) is 0 Å². The zero-order chi connectivity index (χ0) is 40.7. The molecular weight excluding hydrogens is 775 g/mol. The first-order valence-corrected chi connectivity index (χ1v) is 21.6. The minimum absolute atomic E-state index is 0.593. The topological polar surface area (TPSA) is 51.8 Å². The summed E-state index contributed by atoms with van der Waals surface area (Å²) in [6.45, 7) is 0. The second kappa shape index (κ2) is 13.8. The van der Waals surface area contributed by atoms with Gasteiger partial charge in [-0.15, -0.1) is 11.3 Å². The third-order valence-electron chi connectivity index (χ3n) is 12.3. The minimum Gasteiger partial charge on any atom is -0.456 e. The summed E-state index contributed by atoms with van der Waals surface area (Å²) < 4.78 is 8.80. The van der Waals surface area contributed by atoms with Gasteiger partial charge in [0.1, 0.15) is 11.2 Å². The molecule has 0 atom stereocenters. The van der Waals surface area contributed by atoms with E-state index in [1.807, 2.05) is 65.9 Å². The van der Waals surface area contributed by atoms with Crippen molar-refractivity contribution >= 4 is 85.8 Å². The van der Waals surface area contributed by atoms with Crippen LogP contribution in [0.4, 0.5) is 0 Å². The molecule has 0 saturated heterocycles. The molecule has 13 rings (SSSR count). The molecule has 5 heteroatoms. The lowest BCUT2D eigenvalue weighted by molar-refractivity contribution is 0.669. The van der Waals surface area contributed by atoms with Crippen LogP contribution in [0.1, 0.15) is 0 Å². The van der Waals surface area contributed by atoms with E-state index in [0.717, 1.165) is 44.2 Å². The molecule has 0 saturated carbocycles. The third kappa shape index (κ3) is 5.56. The molecule has 0 amide bonds. The maximum absolute atomic E-state index is 6.28. The van der Waals surface area contributed by atoms with Crippen LogP contribution in [0.5, 0.6) is 0 Å². The van der Waals surface area contributed by atoms with Crippen molar-refractivity contribution in [3.63, 3.8) is 0 Å². The van der Waals surface area contributed by atoms with Gasteiger partial charge in [-0.25, -0.2) is 15.0 Å². The number of hydrogen-bond acceptors (Lipinski definition) is 5. The van der Waals surface area contributed by atoms with Crippen molar-refractivity contribution in [2.45, 2.75) is 0 Å². The van der Waals surface area contributed by atoms with Crippen LogP contribution in [-0.4, -0.2) is 15.0 Å². The number of furan rings is 1. The maximum Gasteiger partial charge on any atom is 0.164 e. The molecule has 0 aliphatic heterocycles. The van der Waals surface area contributed by atoms with Crippen molar-refractivity contribution in [3.05, 3.63) is 200 Å². The Bertz CT molecular complexity index is 3910. The van der Waals surface area contributed by atoms with E-state index in [1.165, 1.54) is 69.2 Å².